The fourth-order valence-corrected chi connectivity index (χ4v) is 3.66. The monoisotopic (exact) mass is 368 g/mol. The topological polar surface area (TPSA) is 84.0 Å². The SMILES string of the molecule is CCSc1nsc(NC(=O)CSc2cccc(NC(C)=O)c2)n1. The van der Waals surface area contributed by atoms with Crippen molar-refractivity contribution in [2.24, 2.45) is 0 Å². The van der Waals surface area contributed by atoms with Gasteiger partial charge in [-0.1, -0.05) is 24.8 Å². The summed E-state index contributed by atoms with van der Waals surface area (Å²) in [4.78, 5) is 28.1. The van der Waals surface area contributed by atoms with Crippen LogP contribution in [0.4, 0.5) is 10.8 Å². The first kappa shape index (κ1) is 17.8. The number of nitrogens with one attached hydrogen (secondary N) is 2. The largest absolute Gasteiger partial charge is 0.326 e. The van der Waals surface area contributed by atoms with Gasteiger partial charge in [-0.2, -0.15) is 9.36 Å². The van der Waals surface area contributed by atoms with Gasteiger partial charge in [0.2, 0.25) is 22.1 Å². The van der Waals surface area contributed by atoms with E-state index in [4.69, 9.17) is 0 Å². The van der Waals surface area contributed by atoms with Gasteiger partial charge in [0.05, 0.1) is 5.75 Å². The fraction of sp³-hybridized carbons (Fsp3) is 0.286. The second-order valence-corrected chi connectivity index (χ2v) is 7.39. The maximum Gasteiger partial charge on any atom is 0.236 e. The summed E-state index contributed by atoms with van der Waals surface area (Å²) >= 11 is 4.11. The van der Waals surface area contributed by atoms with Gasteiger partial charge in [-0.3, -0.25) is 14.9 Å². The molecule has 0 saturated heterocycles. The van der Waals surface area contributed by atoms with Crippen molar-refractivity contribution in [2.75, 3.05) is 22.1 Å². The predicted molar refractivity (Wildman–Crippen MR) is 96.4 cm³/mol. The van der Waals surface area contributed by atoms with Crippen LogP contribution < -0.4 is 10.6 Å². The van der Waals surface area contributed by atoms with Gasteiger partial charge >= 0.3 is 0 Å². The summed E-state index contributed by atoms with van der Waals surface area (Å²) in [5.74, 6) is 0.898. The zero-order valence-electron chi connectivity index (χ0n) is 12.7. The summed E-state index contributed by atoms with van der Waals surface area (Å²) in [7, 11) is 0. The van der Waals surface area contributed by atoms with Crippen LogP contribution in [0.1, 0.15) is 13.8 Å². The normalized spacial score (nSPS) is 10.3. The molecule has 9 heteroatoms. The molecule has 2 amide bonds. The molecule has 0 fully saturated rings. The summed E-state index contributed by atoms with van der Waals surface area (Å²) in [6.07, 6.45) is 0. The molecule has 0 radical (unpaired) electrons. The molecule has 6 nitrogen and oxygen atoms in total. The Labute approximate surface area is 147 Å². The van der Waals surface area contributed by atoms with Crippen LogP contribution in [0.3, 0.4) is 0 Å². The van der Waals surface area contributed by atoms with Crippen LogP contribution in [0, 0.1) is 0 Å². The van der Waals surface area contributed by atoms with Crippen LogP contribution in [0.25, 0.3) is 0 Å². The minimum atomic E-state index is -0.135. The molecule has 0 spiro atoms. The van der Waals surface area contributed by atoms with Gasteiger partial charge in [-0.05, 0) is 24.0 Å². The number of thioether (sulfide) groups is 2. The number of carbonyl (C=O) groups is 2. The van der Waals surface area contributed by atoms with E-state index >= 15 is 0 Å². The summed E-state index contributed by atoms with van der Waals surface area (Å²) in [6.45, 7) is 3.48. The van der Waals surface area contributed by atoms with E-state index in [0.717, 1.165) is 10.6 Å². The summed E-state index contributed by atoms with van der Waals surface area (Å²) < 4.78 is 4.15. The quantitative estimate of drug-likeness (QED) is 0.729. The molecule has 1 aromatic heterocycles. The van der Waals surface area contributed by atoms with Gasteiger partial charge in [0, 0.05) is 29.0 Å². The highest BCUT2D eigenvalue weighted by Gasteiger charge is 2.09. The third kappa shape index (κ3) is 6.20. The van der Waals surface area contributed by atoms with E-state index in [2.05, 4.69) is 20.0 Å². The molecule has 0 aliphatic heterocycles. The van der Waals surface area contributed by atoms with E-state index in [-0.39, 0.29) is 17.6 Å². The lowest BCUT2D eigenvalue weighted by Crippen LogP contribution is -2.13. The van der Waals surface area contributed by atoms with E-state index in [1.54, 1.807) is 6.07 Å². The molecule has 23 heavy (non-hydrogen) atoms. The van der Waals surface area contributed by atoms with Crippen LogP contribution in [0.5, 0.6) is 0 Å². The predicted octanol–water partition coefficient (Wildman–Crippen LogP) is 3.34. The number of anilines is 2. The molecule has 0 aliphatic carbocycles. The molecule has 2 aromatic rings. The number of hydrogen-bond donors (Lipinski definition) is 2. The smallest absolute Gasteiger partial charge is 0.236 e. The molecule has 1 aromatic carbocycles. The number of hydrogen-bond acceptors (Lipinski definition) is 7. The second kappa shape index (κ2) is 8.90. The highest BCUT2D eigenvalue weighted by Crippen LogP contribution is 2.23. The van der Waals surface area contributed by atoms with Crippen molar-refractivity contribution in [1.29, 1.82) is 0 Å². The molecule has 2 rings (SSSR count). The molecule has 1 heterocycles. The molecule has 0 atom stereocenters. The Morgan fingerprint density at radius 3 is 2.83 bits per heavy atom. The van der Waals surface area contributed by atoms with E-state index in [1.165, 1.54) is 42.0 Å². The zero-order chi connectivity index (χ0) is 16.7. The molecular formula is C14H16N4O2S3. The molecule has 2 N–H and O–H groups in total. The number of aromatic nitrogens is 2. The first-order valence-corrected chi connectivity index (χ1v) is 9.58. The number of benzene rings is 1. The van der Waals surface area contributed by atoms with Gasteiger partial charge in [0.15, 0.2) is 0 Å². The number of nitrogens with zero attached hydrogens (tertiary/aromatic N) is 2. The van der Waals surface area contributed by atoms with Crippen molar-refractivity contribution in [2.45, 2.75) is 23.9 Å². The van der Waals surface area contributed by atoms with Crippen molar-refractivity contribution in [1.82, 2.24) is 9.36 Å². The minimum Gasteiger partial charge on any atom is -0.326 e. The summed E-state index contributed by atoms with van der Waals surface area (Å²) in [6, 6.07) is 7.37. The third-order valence-corrected chi connectivity index (χ3v) is 4.92. The van der Waals surface area contributed by atoms with Crippen molar-refractivity contribution in [3.8, 4) is 0 Å². The maximum atomic E-state index is 11.9. The lowest BCUT2D eigenvalue weighted by Gasteiger charge is -2.05. The van der Waals surface area contributed by atoms with E-state index in [1.807, 2.05) is 25.1 Å². The van der Waals surface area contributed by atoms with E-state index < -0.39 is 0 Å². The first-order chi connectivity index (χ1) is 11.1. The van der Waals surface area contributed by atoms with Gasteiger partial charge in [0.25, 0.3) is 0 Å². The Balaban J connectivity index is 1.85. The summed E-state index contributed by atoms with van der Waals surface area (Å²) in [5, 5.41) is 6.65. The summed E-state index contributed by atoms with van der Waals surface area (Å²) in [5.41, 5.74) is 0.716. The van der Waals surface area contributed by atoms with Crippen LogP contribution in [0.15, 0.2) is 34.3 Å². The Morgan fingerprint density at radius 2 is 2.09 bits per heavy atom. The fourth-order valence-electron chi connectivity index (χ4n) is 1.62. The Bertz CT molecular complexity index is 690. The zero-order valence-corrected chi connectivity index (χ0v) is 15.1. The first-order valence-electron chi connectivity index (χ1n) is 6.83. The third-order valence-electron chi connectivity index (χ3n) is 2.45. The van der Waals surface area contributed by atoms with Crippen molar-refractivity contribution in [3.05, 3.63) is 24.3 Å². The molecule has 122 valence electrons. The molecule has 0 bridgehead atoms. The van der Waals surface area contributed by atoms with Crippen molar-refractivity contribution < 1.29 is 9.59 Å². The number of amides is 2. The molecular weight excluding hydrogens is 352 g/mol. The van der Waals surface area contributed by atoms with E-state index in [0.29, 0.717) is 16.0 Å². The van der Waals surface area contributed by atoms with Gasteiger partial charge in [-0.15, -0.1) is 11.8 Å². The average molecular weight is 369 g/mol. The highest BCUT2D eigenvalue weighted by atomic mass is 32.2. The van der Waals surface area contributed by atoms with Gasteiger partial charge < -0.3 is 5.32 Å². The van der Waals surface area contributed by atoms with Crippen LogP contribution in [-0.4, -0.2) is 32.7 Å². The van der Waals surface area contributed by atoms with Crippen LogP contribution in [-0.2, 0) is 9.59 Å². The number of carbonyl (C=O) groups excluding carboxylic acids is 2. The second-order valence-electron chi connectivity index (χ2n) is 4.36. The van der Waals surface area contributed by atoms with E-state index in [9.17, 15) is 9.59 Å². The maximum absolute atomic E-state index is 11.9. The average Bonchev–Trinajstić information content (AvgIpc) is 2.92. The van der Waals surface area contributed by atoms with Gasteiger partial charge in [-0.25, -0.2) is 0 Å². The molecule has 0 aliphatic rings. The Hall–Kier alpha value is -1.58. The lowest BCUT2D eigenvalue weighted by molar-refractivity contribution is -0.114. The minimum absolute atomic E-state index is 0.123. The van der Waals surface area contributed by atoms with Crippen LogP contribution in [0.2, 0.25) is 0 Å². The Morgan fingerprint density at radius 1 is 1.26 bits per heavy atom. The molecule has 0 unspecified atom stereocenters. The lowest BCUT2D eigenvalue weighted by atomic mass is 10.3. The number of rotatable bonds is 7. The Kier molecular flexibility index (Phi) is 6.87. The standard InChI is InChI=1S/C14H16N4O2S3/c1-3-21-14-17-13(23-18-14)16-12(20)8-22-11-6-4-5-10(7-11)15-9(2)19/h4-7H,3,8H2,1-2H3,(H,15,19)(H,16,17,18,20). The highest BCUT2D eigenvalue weighted by molar-refractivity contribution is 8.00. The van der Waals surface area contributed by atoms with Gasteiger partial charge in [0.1, 0.15) is 0 Å². The molecule has 0 saturated carbocycles. The van der Waals surface area contributed by atoms with Crippen molar-refractivity contribution >= 4 is 57.7 Å². The van der Waals surface area contributed by atoms with Crippen molar-refractivity contribution in [3.63, 3.8) is 0 Å². The van der Waals surface area contributed by atoms with Crippen LogP contribution >= 0.6 is 35.1 Å².